The molecule has 4 nitrogen and oxygen atoms in total. The molecule has 0 aromatic carbocycles. The van der Waals surface area contributed by atoms with E-state index in [1.54, 1.807) is 0 Å². The average Bonchev–Trinajstić information content (AvgIpc) is 2.20. The Balaban J connectivity index is 4.44. The fraction of sp³-hybridized carbons (Fsp3) is 1.00. The second-order valence-electron chi connectivity index (χ2n) is 5.82. The molecule has 0 bridgehead atoms. The first kappa shape index (κ1) is 19.8. The summed E-state index contributed by atoms with van der Waals surface area (Å²) < 4.78 is 24.0. The Kier molecular flexibility index (Phi) is 8.69. The minimum atomic E-state index is -2.23. The molecule has 0 saturated heterocycles. The highest BCUT2D eigenvalue weighted by atomic mass is 32.1. The van der Waals surface area contributed by atoms with Crippen molar-refractivity contribution in [2.75, 3.05) is 19.0 Å². The van der Waals surface area contributed by atoms with Crippen molar-refractivity contribution in [3.05, 3.63) is 0 Å². The van der Waals surface area contributed by atoms with Crippen LogP contribution in [-0.2, 0) is 17.1 Å². The molecule has 0 heterocycles. The van der Waals surface area contributed by atoms with Crippen molar-refractivity contribution in [2.45, 2.75) is 52.6 Å². The van der Waals surface area contributed by atoms with Gasteiger partial charge in [-0.15, -0.1) is 0 Å². The molecule has 0 radical (unpaired) electrons. The van der Waals surface area contributed by atoms with Crippen LogP contribution in [0.5, 0.6) is 0 Å². The van der Waals surface area contributed by atoms with Crippen LogP contribution in [0, 0.1) is 0 Å². The Bertz CT molecular complexity index is 238. The summed E-state index contributed by atoms with van der Waals surface area (Å²) in [6.45, 7) is 15.9. The monoisotopic (exact) mass is 342 g/mol. The van der Waals surface area contributed by atoms with Crippen LogP contribution in [0.4, 0.5) is 0 Å². The first-order valence-corrected chi connectivity index (χ1v) is 15.9. The van der Waals surface area contributed by atoms with Gasteiger partial charge in [-0.1, -0.05) is 6.92 Å². The van der Waals surface area contributed by atoms with Crippen molar-refractivity contribution < 1.29 is 17.1 Å². The Morgan fingerprint density at radius 3 is 1.53 bits per heavy atom. The van der Waals surface area contributed by atoms with Crippen molar-refractivity contribution in [1.29, 1.82) is 0 Å². The molecule has 0 aliphatic carbocycles. The SMILES string of the molecule is CCCO[Si](C)(C)O[Si](C)(C)O[Si](C)(C)OCCS. The summed E-state index contributed by atoms with van der Waals surface area (Å²) in [7, 11) is -6.46. The van der Waals surface area contributed by atoms with E-state index in [1.165, 1.54) is 0 Å². The lowest BCUT2D eigenvalue weighted by Crippen LogP contribution is -2.54. The molecule has 0 saturated carbocycles. The van der Waals surface area contributed by atoms with E-state index in [9.17, 15) is 0 Å². The molecule has 0 rings (SSSR count). The smallest absolute Gasteiger partial charge is 0.322 e. The molecule has 0 fully saturated rings. The standard InChI is InChI=1S/C11H30O4SSi3/c1-8-9-12-17(2,3)14-19(6,7)15-18(4,5)13-10-11-16/h16H,8-11H2,1-7H3. The minimum Gasteiger partial charge on any atom is -0.415 e. The summed E-state index contributed by atoms with van der Waals surface area (Å²) in [6.07, 6.45) is 1.01. The molecule has 116 valence electrons. The molecule has 0 aliphatic rings. The van der Waals surface area contributed by atoms with Crippen LogP contribution >= 0.6 is 12.6 Å². The largest absolute Gasteiger partial charge is 0.415 e. The number of hydrogen-bond donors (Lipinski definition) is 1. The lowest BCUT2D eigenvalue weighted by molar-refractivity contribution is 0.210. The van der Waals surface area contributed by atoms with Gasteiger partial charge < -0.3 is 17.1 Å². The van der Waals surface area contributed by atoms with E-state index in [-0.39, 0.29) is 0 Å². The topological polar surface area (TPSA) is 36.9 Å². The van der Waals surface area contributed by atoms with Gasteiger partial charge in [0.2, 0.25) is 0 Å². The highest BCUT2D eigenvalue weighted by molar-refractivity contribution is 7.80. The molecule has 19 heavy (non-hydrogen) atoms. The molecule has 0 aromatic rings. The molecule has 0 aromatic heterocycles. The summed E-state index contributed by atoms with van der Waals surface area (Å²) in [4.78, 5) is 0. The van der Waals surface area contributed by atoms with E-state index >= 15 is 0 Å². The van der Waals surface area contributed by atoms with Crippen molar-refractivity contribution in [3.8, 4) is 0 Å². The van der Waals surface area contributed by atoms with E-state index in [2.05, 4.69) is 58.8 Å². The van der Waals surface area contributed by atoms with Gasteiger partial charge in [0.15, 0.2) is 0 Å². The van der Waals surface area contributed by atoms with E-state index in [0.29, 0.717) is 12.4 Å². The third kappa shape index (κ3) is 10.2. The van der Waals surface area contributed by atoms with Crippen molar-refractivity contribution in [3.63, 3.8) is 0 Å². The van der Waals surface area contributed by atoms with Crippen LogP contribution in [0.3, 0.4) is 0 Å². The number of hydrogen-bond acceptors (Lipinski definition) is 5. The van der Waals surface area contributed by atoms with Gasteiger partial charge in [0.05, 0.1) is 0 Å². The number of rotatable bonds is 10. The summed E-state index contributed by atoms with van der Waals surface area (Å²) in [5.41, 5.74) is 0. The molecule has 0 N–H and O–H groups in total. The van der Waals surface area contributed by atoms with Crippen LogP contribution < -0.4 is 0 Å². The predicted octanol–water partition coefficient (Wildman–Crippen LogP) is 3.50. The van der Waals surface area contributed by atoms with E-state index < -0.39 is 25.7 Å². The first-order valence-electron chi connectivity index (χ1n) is 6.83. The summed E-state index contributed by atoms with van der Waals surface area (Å²) in [6, 6.07) is 0. The Morgan fingerprint density at radius 1 is 0.737 bits per heavy atom. The fourth-order valence-electron chi connectivity index (χ4n) is 1.90. The third-order valence-corrected chi connectivity index (χ3v) is 12.0. The Hall–Kier alpha value is 0.841. The zero-order valence-corrected chi connectivity index (χ0v) is 17.3. The van der Waals surface area contributed by atoms with Crippen molar-refractivity contribution in [2.24, 2.45) is 0 Å². The molecular weight excluding hydrogens is 312 g/mol. The summed E-state index contributed by atoms with van der Waals surface area (Å²) >= 11 is 4.16. The van der Waals surface area contributed by atoms with Gasteiger partial charge in [0.1, 0.15) is 0 Å². The van der Waals surface area contributed by atoms with Crippen molar-refractivity contribution in [1.82, 2.24) is 0 Å². The molecule has 8 heteroatoms. The van der Waals surface area contributed by atoms with Gasteiger partial charge in [-0.05, 0) is 45.7 Å². The minimum absolute atomic E-state index is 0.625. The molecule has 0 spiro atoms. The lowest BCUT2D eigenvalue weighted by Gasteiger charge is -2.37. The first-order chi connectivity index (χ1) is 8.54. The van der Waals surface area contributed by atoms with E-state index in [1.807, 2.05) is 0 Å². The van der Waals surface area contributed by atoms with Crippen LogP contribution in [0.15, 0.2) is 0 Å². The van der Waals surface area contributed by atoms with Crippen LogP contribution in [0.2, 0.25) is 39.3 Å². The average molecular weight is 343 g/mol. The van der Waals surface area contributed by atoms with Crippen LogP contribution in [0.1, 0.15) is 13.3 Å². The maximum absolute atomic E-state index is 6.21. The Labute approximate surface area is 127 Å². The van der Waals surface area contributed by atoms with Gasteiger partial charge in [-0.3, -0.25) is 0 Å². The molecular formula is C11H30O4SSi3. The maximum atomic E-state index is 6.21. The van der Waals surface area contributed by atoms with E-state index in [4.69, 9.17) is 17.1 Å². The van der Waals surface area contributed by atoms with Crippen molar-refractivity contribution >= 4 is 38.3 Å². The molecule has 0 amide bonds. The Morgan fingerprint density at radius 2 is 1.16 bits per heavy atom. The van der Waals surface area contributed by atoms with Crippen LogP contribution in [0.25, 0.3) is 0 Å². The third-order valence-electron chi connectivity index (χ3n) is 2.18. The van der Waals surface area contributed by atoms with Gasteiger partial charge >= 0.3 is 25.7 Å². The molecule has 0 aliphatic heterocycles. The molecule has 0 atom stereocenters. The normalized spacial score (nSPS) is 13.9. The fourth-order valence-corrected chi connectivity index (χ4v) is 13.9. The highest BCUT2D eigenvalue weighted by Gasteiger charge is 2.41. The zero-order chi connectivity index (χ0) is 15.2. The van der Waals surface area contributed by atoms with Gasteiger partial charge in [0.25, 0.3) is 0 Å². The summed E-state index contributed by atoms with van der Waals surface area (Å²) in [5, 5.41) is 0. The lowest BCUT2D eigenvalue weighted by atomic mass is 10.5. The van der Waals surface area contributed by atoms with Crippen LogP contribution in [-0.4, -0.2) is 44.6 Å². The van der Waals surface area contributed by atoms with E-state index in [0.717, 1.165) is 13.0 Å². The van der Waals surface area contributed by atoms with Gasteiger partial charge in [-0.25, -0.2) is 0 Å². The van der Waals surface area contributed by atoms with Gasteiger partial charge in [-0.2, -0.15) is 12.6 Å². The zero-order valence-electron chi connectivity index (χ0n) is 13.4. The number of thiol groups is 1. The quantitative estimate of drug-likeness (QED) is 0.487. The maximum Gasteiger partial charge on any atom is 0.322 e. The summed E-state index contributed by atoms with van der Waals surface area (Å²) in [5.74, 6) is 0.711. The second-order valence-corrected chi connectivity index (χ2v) is 16.9. The molecule has 0 unspecified atom stereocenters. The van der Waals surface area contributed by atoms with Gasteiger partial charge in [0, 0.05) is 19.0 Å². The predicted molar refractivity (Wildman–Crippen MR) is 90.7 cm³/mol. The highest BCUT2D eigenvalue weighted by Crippen LogP contribution is 2.21. The second kappa shape index (κ2) is 8.32.